The van der Waals surface area contributed by atoms with Crippen molar-refractivity contribution >= 4 is 17.3 Å². The smallest absolute Gasteiger partial charge is 0.336 e. The summed E-state index contributed by atoms with van der Waals surface area (Å²) in [6.07, 6.45) is 0. The maximum Gasteiger partial charge on any atom is 0.336 e. The second kappa shape index (κ2) is 5.16. The summed E-state index contributed by atoms with van der Waals surface area (Å²) >= 11 is 1.72. The van der Waals surface area contributed by atoms with Crippen molar-refractivity contribution in [1.29, 1.82) is 0 Å². The van der Waals surface area contributed by atoms with Crippen LogP contribution in [-0.2, 0) is 4.79 Å². The molecule has 1 aromatic rings. The van der Waals surface area contributed by atoms with E-state index in [1.54, 1.807) is 11.3 Å². The maximum atomic E-state index is 10.8. The quantitative estimate of drug-likeness (QED) is 0.753. The number of aryl methyl sites for hydroxylation is 2. The second-order valence-electron chi connectivity index (χ2n) is 4.55. The summed E-state index contributed by atoms with van der Waals surface area (Å²) in [5.74, 6) is -1.21. The molecule has 0 aliphatic rings. The Kier molecular flexibility index (Phi) is 4.30. The van der Waals surface area contributed by atoms with Gasteiger partial charge in [0.15, 0.2) is 5.60 Å². The lowest BCUT2D eigenvalue weighted by molar-refractivity contribution is -0.156. The molecule has 1 aromatic heterocycles. The van der Waals surface area contributed by atoms with Gasteiger partial charge in [0.05, 0.1) is 0 Å². The Hall–Kier alpha value is -0.910. The average molecular weight is 257 g/mol. The zero-order valence-electron chi connectivity index (χ0n) is 10.6. The first-order valence-electron chi connectivity index (χ1n) is 5.50. The second-order valence-corrected chi connectivity index (χ2v) is 6.01. The van der Waals surface area contributed by atoms with Gasteiger partial charge in [-0.05, 0) is 39.3 Å². The summed E-state index contributed by atoms with van der Waals surface area (Å²) in [7, 11) is 0. The number of nitrogens with one attached hydrogen (secondary N) is 1. The standard InChI is InChI=1S/C12H19NO3S/c1-7-5-10(9(3)17-7)8(2)13-6-12(4,16)11(14)15/h5,8,13,16H,6H2,1-4H3,(H,14,15). The van der Waals surface area contributed by atoms with Gasteiger partial charge in [-0.2, -0.15) is 0 Å². The number of thiophene rings is 1. The van der Waals surface area contributed by atoms with Crippen LogP contribution in [0.15, 0.2) is 6.07 Å². The third-order valence-electron chi connectivity index (χ3n) is 2.76. The van der Waals surface area contributed by atoms with E-state index in [4.69, 9.17) is 5.11 Å². The lowest BCUT2D eigenvalue weighted by Crippen LogP contribution is -2.45. The van der Waals surface area contributed by atoms with E-state index in [0.29, 0.717) is 0 Å². The van der Waals surface area contributed by atoms with Gasteiger partial charge in [0.2, 0.25) is 0 Å². The molecular weight excluding hydrogens is 238 g/mol. The molecule has 0 saturated heterocycles. The average Bonchev–Trinajstić information content (AvgIpc) is 2.54. The fourth-order valence-electron chi connectivity index (χ4n) is 1.62. The van der Waals surface area contributed by atoms with Crippen LogP contribution >= 0.6 is 11.3 Å². The number of aliphatic carboxylic acids is 1. The molecule has 2 atom stereocenters. The predicted molar refractivity (Wildman–Crippen MR) is 68.5 cm³/mol. The fraction of sp³-hybridized carbons (Fsp3) is 0.583. The Morgan fingerprint density at radius 2 is 2.18 bits per heavy atom. The molecule has 0 aromatic carbocycles. The Morgan fingerprint density at radius 1 is 1.59 bits per heavy atom. The maximum absolute atomic E-state index is 10.8. The normalized spacial score (nSPS) is 16.5. The third-order valence-corrected chi connectivity index (χ3v) is 3.74. The van der Waals surface area contributed by atoms with E-state index >= 15 is 0 Å². The monoisotopic (exact) mass is 257 g/mol. The topological polar surface area (TPSA) is 69.6 Å². The molecule has 0 saturated carbocycles. The van der Waals surface area contributed by atoms with E-state index < -0.39 is 11.6 Å². The lowest BCUT2D eigenvalue weighted by atomic mass is 10.1. The molecule has 5 heteroatoms. The molecule has 96 valence electrons. The third kappa shape index (κ3) is 3.52. The van der Waals surface area contributed by atoms with E-state index in [1.807, 2.05) is 20.8 Å². The summed E-state index contributed by atoms with van der Waals surface area (Å²) in [6.45, 7) is 7.37. The number of rotatable bonds is 5. The first kappa shape index (κ1) is 14.2. The Bertz CT molecular complexity index is 412. The molecule has 0 fully saturated rings. The van der Waals surface area contributed by atoms with Crippen LogP contribution in [0.4, 0.5) is 0 Å². The number of hydrogen-bond acceptors (Lipinski definition) is 4. The van der Waals surface area contributed by atoms with Gasteiger partial charge < -0.3 is 15.5 Å². The Balaban J connectivity index is 2.65. The van der Waals surface area contributed by atoms with Crippen molar-refractivity contribution in [3.05, 3.63) is 21.4 Å². The van der Waals surface area contributed by atoms with E-state index in [9.17, 15) is 9.90 Å². The van der Waals surface area contributed by atoms with Crippen LogP contribution in [0.3, 0.4) is 0 Å². The van der Waals surface area contributed by atoms with Crippen molar-refractivity contribution < 1.29 is 15.0 Å². The predicted octanol–water partition coefficient (Wildman–Crippen LogP) is 1.85. The van der Waals surface area contributed by atoms with E-state index in [2.05, 4.69) is 11.4 Å². The minimum Gasteiger partial charge on any atom is -0.479 e. The van der Waals surface area contributed by atoms with E-state index in [0.717, 1.165) is 5.56 Å². The first-order valence-corrected chi connectivity index (χ1v) is 6.32. The SMILES string of the molecule is Cc1cc(C(C)NCC(C)(O)C(=O)O)c(C)s1. The van der Waals surface area contributed by atoms with Gasteiger partial charge in [0.25, 0.3) is 0 Å². The number of carbonyl (C=O) groups is 1. The Labute approximate surface area is 105 Å². The molecule has 3 N–H and O–H groups in total. The van der Waals surface area contributed by atoms with Gasteiger partial charge in [-0.25, -0.2) is 4.79 Å². The number of carboxylic acid groups (broad SMARTS) is 1. The summed E-state index contributed by atoms with van der Waals surface area (Å²) in [4.78, 5) is 13.2. The minimum atomic E-state index is -1.73. The fourth-order valence-corrected chi connectivity index (χ4v) is 2.64. The van der Waals surface area contributed by atoms with Gasteiger partial charge in [0.1, 0.15) is 0 Å². The molecule has 0 spiro atoms. The Morgan fingerprint density at radius 3 is 2.59 bits per heavy atom. The van der Waals surface area contributed by atoms with Gasteiger partial charge in [-0.3, -0.25) is 0 Å². The number of hydrogen-bond donors (Lipinski definition) is 3. The molecule has 0 aliphatic carbocycles. The molecule has 0 radical (unpaired) electrons. The largest absolute Gasteiger partial charge is 0.479 e. The highest BCUT2D eigenvalue weighted by atomic mass is 32.1. The zero-order valence-corrected chi connectivity index (χ0v) is 11.4. The van der Waals surface area contributed by atoms with Crippen molar-refractivity contribution in [3.8, 4) is 0 Å². The van der Waals surface area contributed by atoms with Crippen LogP contribution in [0.2, 0.25) is 0 Å². The van der Waals surface area contributed by atoms with Gasteiger partial charge >= 0.3 is 5.97 Å². The van der Waals surface area contributed by atoms with Crippen LogP contribution < -0.4 is 5.32 Å². The van der Waals surface area contributed by atoms with Crippen LogP contribution in [0.25, 0.3) is 0 Å². The summed E-state index contributed by atoms with van der Waals surface area (Å²) < 4.78 is 0. The van der Waals surface area contributed by atoms with E-state index in [-0.39, 0.29) is 12.6 Å². The minimum absolute atomic E-state index is 0.0256. The van der Waals surface area contributed by atoms with Gasteiger partial charge in [-0.15, -0.1) is 11.3 Å². The molecule has 4 nitrogen and oxygen atoms in total. The van der Waals surface area contributed by atoms with Crippen molar-refractivity contribution in [2.75, 3.05) is 6.54 Å². The first-order chi connectivity index (χ1) is 7.74. The summed E-state index contributed by atoms with van der Waals surface area (Å²) in [6, 6.07) is 2.12. The highest BCUT2D eigenvalue weighted by Gasteiger charge is 2.30. The molecule has 0 bridgehead atoms. The number of aliphatic hydroxyl groups is 1. The summed E-state index contributed by atoms with van der Waals surface area (Å²) in [5.41, 5.74) is -0.568. The van der Waals surface area contributed by atoms with E-state index in [1.165, 1.54) is 16.7 Å². The highest BCUT2D eigenvalue weighted by molar-refractivity contribution is 7.12. The molecule has 17 heavy (non-hydrogen) atoms. The van der Waals surface area contributed by atoms with Crippen LogP contribution in [0.5, 0.6) is 0 Å². The zero-order chi connectivity index (χ0) is 13.2. The van der Waals surface area contributed by atoms with Crippen molar-refractivity contribution in [2.24, 2.45) is 0 Å². The van der Waals surface area contributed by atoms with Crippen LogP contribution in [0.1, 0.15) is 35.2 Å². The van der Waals surface area contributed by atoms with Crippen LogP contribution in [0, 0.1) is 13.8 Å². The van der Waals surface area contributed by atoms with Crippen LogP contribution in [-0.4, -0.2) is 28.3 Å². The molecular formula is C12H19NO3S. The molecule has 0 aliphatic heterocycles. The molecule has 2 unspecified atom stereocenters. The molecule has 1 heterocycles. The molecule has 0 amide bonds. The van der Waals surface area contributed by atoms with Crippen molar-refractivity contribution in [2.45, 2.75) is 39.3 Å². The van der Waals surface area contributed by atoms with Gasteiger partial charge in [0, 0.05) is 22.3 Å². The molecule has 1 rings (SSSR count). The van der Waals surface area contributed by atoms with Crippen molar-refractivity contribution in [1.82, 2.24) is 5.32 Å². The summed E-state index contributed by atoms with van der Waals surface area (Å²) in [5, 5.41) is 21.4. The van der Waals surface area contributed by atoms with Gasteiger partial charge in [-0.1, -0.05) is 0 Å². The van der Waals surface area contributed by atoms with Crippen molar-refractivity contribution in [3.63, 3.8) is 0 Å². The highest BCUT2D eigenvalue weighted by Crippen LogP contribution is 2.26. The number of carboxylic acids is 1. The lowest BCUT2D eigenvalue weighted by Gasteiger charge is -2.22.